The Morgan fingerprint density at radius 1 is 1.18 bits per heavy atom. The third-order valence-corrected chi connectivity index (χ3v) is 3.66. The lowest BCUT2D eigenvalue weighted by Crippen LogP contribution is -2.30. The van der Waals surface area contributed by atoms with Crippen LogP contribution < -0.4 is 0 Å². The minimum absolute atomic E-state index is 0.0907. The molecule has 0 saturated carbocycles. The van der Waals surface area contributed by atoms with E-state index in [0.717, 1.165) is 17.5 Å². The number of amides is 1. The summed E-state index contributed by atoms with van der Waals surface area (Å²) in [6.45, 7) is 0.688. The van der Waals surface area contributed by atoms with Crippen molar-refractivity contribution in [2.24, 2.45) is 0 Å². The standard InChI is InChI=1S/C17H17N3O2/c1-20(9-6-13-4-7-18-8-5-13)17(21)11-14-2-3-15-16(10-14)22-12-19-15/h2-5,7-8,10,12H,6,9,11H2,1H3. The van der Waals surface area contributed by atoms with Crippen LogP contribution in [0, 0.1) is 0 Å². The molecule has 3 rings (SSSR count). The van der Waals surface area contributed by atoms with Crippen LogP contribution >= 0.6 is 0 Å². The van der Waals surface area contributed by atoms with Crippen molar-refractivity contribution in [2.45, 2.75) is 12.8 Å². The normalized spacial score (nSPS) is 10.8. The fourth-order valence-electron chi connectivity index (χ4n) is 2.29. The summed E-state index contributed by atoms with van der Waals surface area (Å²) in [5.41, 5.74) is 3.63. The van der Waals surface area contributed by atoms with Gasteiger partial charge in [0, 0.05) is 26.0 Å². The number of benzene rings is 1. The zero-order valence-corrected chi connectivity index (χ0v) is 12.4. The van der Waals surface area contributed by atoms with E-state index < -0.39 is 0 Å². The van der Waals surface area contributed by atoms with Gasteiger partial charge in [-0.2, -0.15) is 0 Å². The number of hydrogen-bond acceptors (Lipinski definition) is 4. The molecule has 0 fully saturated rings. The number of rotatable bonds is 5. The number of fused-ring (bicyclic) bond motifs is 1. The van der Waals surface area contributed by atoms with Gasteiger partial charge in [-0.15, -0.1) is 0 Å². The molecule has 0 unspecified atom stereocenters. The number of nitrogens with zero attached hydrogens (tertiary/aromatic N) is 3. The van der Waals surface area contributed by atoms with Gasteiger partial charge in [0.1, 0.15) is 5.52 Å². The predicted octanol–water partition coefficient (Wildman–Crippen LogP) is 2.47. The minimum atomic E-state index is 0.0907. The minimum Gasteiger partial charge on any atom is -0.443 e. The Hall–Kier alpha value is -2.69. The molecule has 0 aliphatic heterocycles. The van der Waals surface area contributed by atoms with E-state index in [0.29, 0.717) is 18.5 Å². The summed E-state index contributed by atoms with van der Waals surface area (Å²) in [4.78, 5) is 22.1. The molecule has 1 amide bonds. The van der Waals surface area contributed by atoms with E-state index in [9.17, 15) is 4.79 Å². The molecule has 0 N–H and O–H groups in total. The van der Waals surface area contributed by atoms with E-state index in [1.54, 1.807) is 17.3 Å². The van der Waals surface area contributed by atoms with Crippen LogP contribution in [0.1, 0.15) is 11.1 Å². The summed E-state index contributed by atoms with van der Waals surface area (Å²) in [7, 11) is 1.83. The van der Waals surface area contributed by atoms with Crippen LogP contribution in [0.25, 0.3) is 11.1 Å². The van der Waals surface area contributed by atoms with Crippen LogP contribution in [0.2, 0.25) is 0 Å². The van der Waals surface area contributed by atoms with Crippen molar-refractivity contribution in [1.82, 2.24) is 14.9 Å². The molecule has 0 radical (unpaired) electrons. The van der Waals surface area contributed by atoms with Crippen LogP contribution in [0.15, 0.2) is 53.5 Å². The molecule has 2 aromatic heterocycles. The smallest absolute Gasteiger partial charge is 0.226 e. The maximum absolute atomic E-state index is 12.3. The summed E-state index contributed by atoms with van der Waals surface area (Å²) < 4.78 is 5.26. The fraction of sp³-hybridized carbons (Fsp3) is 0.235. The van der Waals surface area contributed by atoms with Gasteiger partial charge in [-0.05, 0) is 41.8 Å². The molecule has 3 aromatic rings. The summed E-state index contributed by atoms with van der Waals surface area (Å²) in [5.74, 6) is 0.0907. The first kappa shape index (κ1) is 14.3. The Kier molecular flexibility index (Phi) is 4.14. The average Bonchev–Trinajstić information content (AvgIpc) is 3.01. The second kappa shape index (κ2) is 6.39. The molecule has 0 spiro atoms. The van der Waals surface area contributed by atoms with Gasteiger partial charge in [0.15, 0.2) is 12.0 Å². The van der Waals surface area contributed by atoms with E-state index in [1.807, 2.05) is 37.4 Å². The third-order valence-electron chi connectivity index (χ3n) is 3.66. The lowest BCUT2D eigenvalue weighted by Gasteiger charge is -2.17. The van der Waals surface area contributed by atoms with Gasteiger partial charge < -0.3 is 9.32 Å². The number of oxazole rings is 1. The average molecular weight is 295 g/mol. The number of aromatic nitrogens is 2. The molecule has 5 heteroatoms. The van der Waals surface area contributed by atoms with E-state index >= 15 is 0 Å². The Morgan fingerprint density at radius 3 is 2.82 bits per heavy atom. The number of pyridine rings is 1. The van der Waals surface area contributed by atoms with Crippen LogP contribution in [-0.4, -0.2) is 34.4 Å². The third kappa shape index (κ3) is 3.31. The lowest BCUT2D eigenvalue weighted by atomic mass is 10.1. The zero-order valence-electron chi connectivity index (χ0n) is 12.4. The van der Waals surface area contributed by atoms with Gasteiger partial charge in [0.2, 0.25) is 5.91 Å². The molecule has 5 nitrogen and oxygen atoms in total. The quantitative estimate of drug-likeness (QED) is 0.725. The maximum atomic E-state index is 12.3. The van der Waals surface area contributed by atoms with Crippen molar-refractivity contribution < 1.29 is 9.21 Å². The Labute approximate surface area is 128 Å². The van der Waals surface area contributed by atoms with E-state index in [-0.39, 0.29) is 5.91 Å². The Bertz CT molecular complexity index is 768. The monoisotopic (exact) mass is 295 g/mol. The molecular weight excluding hydrogens is 278 g/mol. The number of hydrogen-bond donors (Lipinski definition) is 0. The zero-order chi connectivity index (χ0) is 15.4. The Morgan fingerprint density at radius 2 is 2.00 bits per heavy atom. The molecule has 112 valence electrons. The molecule has 1 aromatic carbocycles. The summed E-state index contributed by atoms with van der Waals surface area (Å²) in [5, 5.41) is 0. The molecule has 0 aliphatic rings. The summed E-state index contributed by atoms with van der Waals surface area (Å²) in [6.07, 6.45) is 6.14. The number of likely N-dealkylation sites (N-methyl/N-ethyl adjacent to an activating group) is 1. The van der Waals surface area contributed by atoms with Crippen molar-refractivity contribution >= 4 is 17.0 Å². The summed E-state index contributed by atoms with van der Waals surface area (Å²) >= 11 is 0. The van der Waals surface area contributed by atoms with Gasteiger partial charge in [0.25, 0.3) is 0 Å². The predicted molar refractivity (Wildman–Crippen MR) is 83.3 cm³/mol. The van der Waals surface area contributed by atoms with Gasteiger partial charge in [-0.1, -0.05) is 6.07 Å². The molecule has 0 aliphatic carbocycles. The molecular formula is C17H17N3O2. The van der Waals surface area contributed by atoms with E-state index in [1.165, 1.54) is 12.0 Å². The first-order chi connectivity index (χ1) is 10.7. The van der Waals surface area contributed by atoms with Crippen molar-refractivity contribution in [3.63, 3.8) is 0 Å². The van der Waals surface area contributed by atoms with Crippen LogP contribution in [0.3, 0.4) is 0 Å². The van der Waals surface area contributed by atoms with Crippen LogP contribution in [0.4, 0.5) is 0 Å². The molecule has 2 heterocycles. The highest BCUT2D eigenvalue weighted by atomic mass is 16.3. The largest absolute Gasteiger partial charge is 0.443 e. The highest BCUT2D eigenvalue weighted by molar-refractivity contribution is 5.80. The molecule has 0 saturated heterocycles. The molecule has 0 bridgehead atoms. The van der Waals surface area contributed by atoms with Crippen molar-refractivity contribution in [3.8, 4) is 0 Å². The highest BCUT2D eigenvalue weighted by Crippen LogP contribution is 2.15. The Balaban J connectivity index is 1.58. The van der Waals surface area contributed by atoms with Gasteiger partial charge >= 0.3 is 0 Å². The van der Waals surface area contributed by atoms with Crippen LogP contribution in [-0.2, 0) is 17.6 Å². The van der Waals surface area contributed by atoms with Crippen molar-refractivity contribution in [1.29, 1.82) is 0 Å². The SMILES string of the molecule is CN(CCc1ccncc1)C(=O)Cc1ccc2ncoc2c1. The van der Waals surface area contributed by atoms with E-state index in [4.69, 9.17) is 4.42 Å². The topological polar surface area (TPSA) is 59.2 Å². The highest BCUT2D eigenvalue weighted by Gasteiger charge is 2.11. The van der Waals surface area contributed by atoms with Gasteiger partial charge in [-0.25, -0.2) is 4.98 Å². The maximum Gasteiger partial charge on any atom is 0.226 e. The van der Waals surface area contributed by atoms with Gasteiger partial charge in [0.05, 0.1) is 6.42 Å². The molecule has 0 atom stereocenters. The first-order valence-electron chi connectivity index (χ1n) is 7.17. The fourth-order valence-corrected chi connectivity index (χ4v) is 2.29. The van der Waals surface area contributed by atoms with E-state index in [2.05, 4.69) is 9.97 Å². The second-order valence-corrected chi connectivity index (χ2v) is 5.25. The number of carbonyl (C=O) groups excluding carboxylic acids is 1. The summed E-state index contributed by atoms with van der Waals surface area (Å²) in [6, 6.07) is 9.60. The lowest BCUT2D eigenvalue weighted by molar-refractivity contribution is -0.129. The second-order valence-electron chi connectivity index (χ2n) is 5.25. The van der Waals surface area contributed by atoms with Crippen LogP contribution in [0.5, 0.6) is 0 Å². The number of carbonyl (C=O) groups is 1. The van der Waals surface area contributed by atoms with Crippen molar-refractivity contribution in [2.75, 3.05) is 13.6 Å². The molecule has 22 heavy (non-hydrogen) atoms. The van der Waals surface area contributed by atoms with Crippen molar-refractivity contribution in [3.05, 3.63) is 60.2 Å². The van der Waals surface area contributed by atoms with Gasteiger partial charge in [-0.3, -0.25) is 9.78 Å². The first-order valence-corrected chi connectivity index (χ1v) is 7.17.